The van der Waals surface area contributed by atoms with Gasteiger partial charge < -0.3 is 20.0 Å². The second-order valence-electron chi connectivity index (χ2n) is 5.58. The number of hydrogen-bond donors (Lipinski definition) is 2. The Bertz CT molecular complexity index is 796. The third-order valence-corrected chi connectivity index (χ3v) is 5.35. The maximum Gasteiger partial charge on any atom is 0.352 e. The number of halogens is 1. The second-order valence-corrected chi connectivity index (χ2v) is 6.95. The van der Waals surface area contributed by atoms with Crippen molar-refractivity contribution < 1.29 is 38.7 Å². The van der Waals surface area contributed by atoms with Crippen molar-refractivity contribution in [2.45, 2.75) is 18.3 Å². The molecular weight excluding hydrogens is 418 g/mol. The first kappa shape index (κ1) is 21.7. The van der Waals surface area contributed by atoms with Crippen molar-refractivity contribution in [1.82, 2.24) is 10.2 Å². The summed E-state index contributed by atoms with van der Waals surface area (Å²) in [6.45, 7) is 0.924. The monoisotopic (exact) mass is 433 g/mol. The maximum absolute atomic E-state index is 12.5. The number of alkyl halides is 1. The third kappa shape index (κ3) is 4.28. The minimum atomic E-state index is -1.36. The summed E-state index contributed by atoms with van der Waals surface area (Å²) >= 11 is 6.60. The molecule has 0 bridgehead atoms. The fourth-order valence-electron chi connectivity index (χ4n) is 2.57. The van der Waals surface area contributed by atoms with Gasteiger partial charge in [-0.05, 0) is 0 Å². The molecule has 0 spiro atoms. The molecule has 2 rings (SSSR count). The number of nitrogens with zero attached hydrogens (tertiary/aromatic N) is 2. The summed E-state index contributed by atoms with van der Waals surface area (Å²) in [4.78, 5) is 64.4. The van der Waals surface area contributed by atoms with E-state index in [2.05, 4.69) is 15.3 Å². The number of Topliss-reactive ketones (excluding diaryl/α,β-unsaturated/α-hetero) is 1. The van der Waals surface area contributed by atoms with Crippen molar-refractivity contribution in [2.75, 3.05) is 25.3 Å². The predicted molar refractivity (Wildman–Crippen MR) is 96.5 cm³/mol. The topological polar surface area (TPSA) is 152 Å². The molecular formula is C15H16ClN3O8S. The van der Waals surface area contributed by atoms with Crippen LogP contribution in [-0.2, 0) is 33.5 Å². The van der Waals surface area contributed by atoms with Crippen LogP contribution in [0.2, 0.25) is 0 Å². The average molecular weight is 434 g/mol. The number of oxime groups is 1. The van der Waals surface area contributed by atoms with Gasteiger partial charge in [0.05, 0.1) is 5.88 Å². The van der Waals surface area contributed by atoms with E-state index in [1.165, 1.54) is 18.7 Å². The van der Waals surface area contributed by atoms with Gasteiger partial charge in [-0.15, -0.1) is 23.4 Å². The minimum absolute atomic E-state index is 0.176. The van der Waals surface area contributed by atoms with Crippen LogP contribution in [0.4, 0.5) is 0 Å². The van der Waals surface area contributed by atoms with Gasteiger partial charge in [-0.2, -0.15) is 0 Å². The molecule has 13 heteroatoms. The van der Waals surface area contributed by atoms with E-state index in [0.29, 0.717) is 0 Å². The van der Waals surface area contributed by atoms with E-state index in [0.717, 1.165) is 12.0 Å². The van der Waals surface area contributed by atoms with E-state index in [4.69, 9.17) is 16.3 Å². The zero-order chi connectivity index (χ0) is 21.0. The number of fused-ring (bicyclic) bond motifs is 1. The Balaban J connectivity index is 2.18. The van der Waals surface area contributed by atoms with E-state index in [1.54, 1.807) is 0 Å². The second kappa shape index (κ2) is 9.06. The Morgan fingerprint density at radius 3 is 2.61 bits per heavy atom. The molecule has 2 atom stereocenters. The molecule has 0 aromatic heterocycles. The molecule has 0 radical (unpaired) electrons. The van der Waals surface area contributed by atoms with Gasteiger partial charge in [0.2, 0.25) is 11.5 Å². The van der Waals surface area contributed by atoms with Crippen molar-refractivity contribution >= 4 is 58.6 Å². The van der Waals surface area contributed by atoms with Gasteiger partial charge in [-0.25, -0.2) is 4.79 Å². The highest BCUT2D eigenvalue weighted by Crippen LogP contribution is 2.40. The van der Waals surface area contributed by atoms with Gasteiger partial charge in [0.15, 0.2) is 0 Å². The lowest BCUT2D eigenvalue weighted by Crippen LogP contribution is -2.71. The molecule has 2 aliphatic rings. The highest BCUT2D eigenvalue weighted by molar-refractivity contribution is 8.00. The van der Waals surface area contributed by atoms with Crippen LogP contribution in [0.1, 0.15) is 6.92 Å². The quantitative estimate of drug-likeness (QED) is 0.124. The standard InChI is InChI=1S/C15H16ClN3O8S/c1-6(20)27-4-7-5-28-14-10(13(23)19(14)11(7)15(24)25)17-12(22)9(18-26-2)8(21)3-16/h10,14H,3-5H2,1-2H3,(H,17,22)(H,24,25)/b18-9-. The Labute approximate surface area is 168 Å². The summed E-state index contributed by atoms with van der Waals surface area (Å²) in [7, 11) is 1.14. The smallest absolute Gasteiger partial charge is 0.352 e. The molecule has 2 unspecified atom stereocenters. The first-order valence-corrected chi connectivity index (χ1v) is 9.35. The van der Waals surface area contributed by atoms with Crippen LogP contribution in [-0.4, -0.2) is 82.0 Å². The van der Waals surface area contributed by atoms with Crippen LogP contribution in [0.15, 0.2) is 16.4 Å². The van der Waals surface area contributed by atoms with Crippen LogP contribution in [0.5, 0.6) is 0 Å². The Morgan fingerprint density at radius 2 is 2.07 bits per heavy atom. The summed E-state index contributed by atoms with van der Waals surface area (Å²) in [6, 6.07) is -1.06. The van der Waals surface area contributed by atoms with Gasteiger partial charge >= 0.3 is 11.9 Å². The molecule has 2 heterocycles. The number of ketones is 1. The highest BCUT2D eigenvalue weighted by Gasteiger charge is 2.54. The number of hydrogen-bond acceptors (Lipinski definition) is 9. The zero-order valence-corrected chi connectivity index (χ0v) is 16.3. The van der Waals surface area contributed by atoms with E-state index < -0.39 is 52.5 Å². The largest absolute Gasteiger partial charge is 0.477 e. The van der Waals surface area contributed by atoms with Crippen LogP contribution in [0.3, 0.4) is 0 Å². The van der Waals surface area contributed by atoms with Crippen LogP contribution in [0, 0.1) is 0 Å². The fraction of sp³-hybridized carbons (Fsp3) is 0.467. The number of ether oxygens (including phenoxy) is 1. The fourth-order valence-corrected chi connectivity index (χ4v) is 4.02. The van der Waals surface area contributed by atoms with Gasteiger partial charge in [0.25, 0.3) is 11.8 Å². The molecule has 152 valence electrons. The normalized spacial score (nSPS) is 21.5. The van der Waals surface area contributed by atoms with Gasteiger partial charge in [-0.1, -0.05) is 5.16 Å². The van der Waals surface area contributed by atoms with Gasteiger partial charge in [0.1, 0.15) is 30.8 Å². The first-order valence-electron chi connectivity index (χ1n) is 7.77. The number of nitrogens with one attached hydrogen (secondary N) is 1. The number of carbonyl (C=O) groups excluding carboxylic acids is 4. The van der Waals surface area contributed by atoms with E-state index >= 15 is 0 Å². The Morgan fingerprint density at radius 1 is 1.39 bits per heavy atom. The van der Waals surface area contributed by atoms with Crippen LogP contribution >= 0.6 is 23.4 Å². The predicted octanol–water partition coefficient (Wildman–Crippen LogP) is -0.902. The van der Waals surface area contributed by atoms with Crippen molar-refractivity contribution in [3.8, 4) is 0 Å². The lowest BCUT2D eigenvalue weighted by Gasteiger charge is -2.49. The van der Waals surface area contributed by atoms with E-state index in [1.807, 2.05) is 0 Å². The van der Waals surface area contributed by atoms with E-state index in [-0.39, 0.29) is 23.6 Å². The number of thioether (sulfide) groups is 1. The lowest BCUT2D eigenvalue weighted by atomic mass is 10.0. The lowest BCUT2D eigenvalue weighted by molar-refractivity contribution is -0.150. The SMILES string of the molecule is CO/N=C(/C(=O)CCl)C(=O)NC1C(=O)N2C(C(=O)O)=C(COC(C)=O)CSC12. The number of aliphatic carboxylic acids is 1. The Hall–Kier alpha value is -2.60. The number of rotatable bonds is 8. The molecule has 2 N–H and O–H groups in total. The molecule has 0 saturated carbocycles. The summed E-state index contributed by atoms with van der Waals surface area (Å²) in [6.07, 6.45) is 0. The molecule has 2 aliphatic heterocycles. The minimum Gasteiger partial charge on any atom is -0.477 e. The Kier molecular flexibility index (Phi) is 7.02. The van der Waals surface area contributed by atoms with Crippen LogP contribution < -0.4 is 5.32 Å². The third-order valence-electron chi connectivity index (χ3n) is 3.77. The van der Waals surface area contributed by atoms with Crippen molar-refractivity contribution in [3.05, 3.63) is 11.3 Å². The molecule has 1 fully saturated rings. The molecule has 2 amide bonds. The number of carboxylic acids is 1. The summed E-state index contributed by atoms with van der Waals surface area (Å²) in [5, 5.41) is 14.4. The van der Waals surface area contributed by atoms with E-state index in [9.17, 15) is 29.1 Å². The number of amides is 2. The van der Waals surface area contributed by atoms with Crippen molar-refractivity contribution in [1.29, 1.82) is 0 Å². The summed E-state index contributed by atoms with van der Waals surface area (Å²) < 4.78 is 4.83. The molecule has 1 saturated heterocycles. The van der Waals surface area contributed by atoms with Gasteiger partial charge in [-0.3, -0.25) is 24.1 Å². The zero-order valence-electron chi connectivity index (χ0n) is 14.8. The van der Waals surface area contributed by atoms with Crippen molar-refractivity contribution in [2.24, 2.45) is 5.16 Å². The molecule has 0 aromatic rings. The van der Waals surface area contributed by atoms with Crippen LogP contribution in [0.25, 0.3) is 0 Å². The van der Waals surface area contributed by atoms with Crippen molar-refractivity contribution in [3.63, 3.8) is 0 Å². The number of carboxylic acid groups (broad SMARTS) is 1. The average Bonchev–Trinajstić information content (AvgIpc) is 2.66. The summed E-state index contributed by atoms with van der Waals surface area (Å²) in [5.41, 5.74) is -0.627. The molecule has 0 aliphatic carbocycles. The highest BCUT2D eigenvalue weighted by atomic mass is 35.5. The number of carbonyl (C=O) groups is 5. The summed E-state index contributed by atoms with van der Waals surface area (Å²) in [5.74, 6) is -4.71. The first-order chi connectivity index (χ1) is 13.2. The molecule has 28 heavy (non-hydrogen) atoms. The van der Waals surface area contributed by atoms with Gasteiger partial charge in [0, 0.05) is 18.2 Å². The molecule has 0 aromatic carbocycles. The number of β-lactam (4-membered cyclic amide) rings is 1. The molecule has 11 nitrogen and oxygen atoms in total. The maximum atomic E-state index is 12.5. The number of esters is 1.